The monoisotopic (exact) mass is 658 g/mol. The molecule has 0 radical (unpaired) electrons. The van der Waals surface area contributed by atoms with Crippen molar-refractivity contribution in [3.8, 4) is 44.8 Å². The number of aromatic nitrogens is 2. The molecule has 0 N–H and O–H groups in total. The Hall–Kier alpha value is -6.90. The molecule has 0 atom stereocenters. The van der Waals surface area contributed by atoms with Crippen LogP contribution in [-0.4, -0.2) is 9.13 Å². The third-order valence-electron chi connectivity index (χ3n) is 11.4. The Kier molecular flexibility index (Phi) is 5.53. The zero-order valence-electron chi connectivity index (χ0n) is 28.2. The number of rotatable bonds is 3. The predicted molar refractivity (Wildman–Crippen MR) is 220 cm³/mol. The van der Waals surface area contributed by atoms with Crippen molar-refractivity contribution >= 4 is 65.2 Å². The molecular weight excluding hydrogens is 629 g/mol. The lowest BCUT2D eigenvalue weighted by Crippen LogP contribution is -1.95. The first-order chi connectivity index (χ1) is 25.8. The fourth-order valence-corrected chi connectivity index (χ4v) is 9.32. The topological polar surface area (TPSA) is 9.86 Å². The molecule has 1 aliphatic carbocycles. The smallest absolute Gasteiger partial charge is 0.0641 e. The first kappa shape index (κ1) is 27.9. The summed E-state index contributed by atoms with van der Waals surface area (Å²) in [6, 6.07) is 67.1. The van der Waals surface area contributed by atoms with Gasteiger partial charge in [-0.3, -0.25) is 0 Å². The Morgan fingerprint density at radius 1 is 0.288 bits per heavy atom. The Morgan fingerprint density at radius 3 is 1.81 bits per heavy atom. The van der Waals surface area contributed by atoms with Gasteiger partial charge in [-0.15, -0.1) is 0 Å². The third kappa shape index (κ3) is 3.63. The highest BCUT2D eigenvalue weighted by Crippen LogP contribution is 2.50. The molecule has 2 nitrogen and oxygen atoms in total. The molecule has 1 aliphatic rings. The van der Waals surface area contributed by atoms with Gasteiger partial charge in [-0.2, -0.15) is 0 Å². The molecule has 0 spiro atoms. The van der Waals surface area contributed by atoms with Gasteiger partial charge in [0, 0.05) is 32.9 Å². The van der Waals surface area contributed by atoms with E-state index in [0.29, 0.717) is 0 Å². The van der Waals surface area contributed by atoms with Crippen LogP contribution in [0.4, 0.5) is 0 Å². The van der Waals surface area contributed by atoms with Gasteiger partial charge in [0.25, 0.3) is 0 Å². The van der Waals surface area contributed by atoms with Crippen molar-refractivity contribution in [3.05, 3.63) is 182 Å². The zero-order chi connectivity index (χ0) is 33.9. The molecule has 0 saturated heterocycles. The van der Waals surface area contributed by atoms with Gasteiger partial charge < -0.3 is 9.13 Å². The summed E-state index contributed by atoms with van der Waals surface area (Å²) >= 11 is 0. The van der Waals surface area contributed by atoms with Crippen molar-refractivity contribution in [1.29, 1.82) is 0 Å². The Morgan fingerprint density at radius 2 is 0.923 bits per heavy atom. The molecule has 11 aromatic rings. The molecule has 0 bridgehead atoms. The van der Waals surface area contributed by atoms with Crippen LogP contribution in [0.3, 0.4) is 0 Å². The zero-order valence-corrected chi connectivity index (χ0v) is 28.2. The summed E-state index contributed by atoms with van der Waals surface area (Å²) in [5.41, 5.74) is 15.0. The minimum Gasteiger partial charge on any atom is -0.309 e. The molecule has 9 aromatic carbocycles. The maximum Gasteiger partial charge on any atom is 0.0641 e. The van der Waals surface area contributed by atoms with Crippen LogP contribution >= 0.6 is 0 Å². The van der Waals surface area contributed by atoms with Crippen molar-refractivity contribution in [1.82, 2.24) is 9.13 Å². The molecule has 0 amide bonds. The second-order valence-corrected chi connectivity index (χ2v) is 14.0. The molecule has 2 aromatic heterocycles. The van der Waals surface area contributed by atoms with Crippen molar-refractivity contribution < 1.29 is 0 Å². The fraction of sp³-hybridized carbons (Fsp3) is 0. The molecule has 0 fully saturated rings. The number of hydrogen-bond donors (Lipinski definition) is 0. The van der Waals surface area contributed by atoms with E-state index >= 15 is 0 Å². The van der Waals surface area contributed by atoms with Crippen molar-refractivity contribution in [2.75, 3.05) is 0 Å². The third-order valence-corrected chi connectivity index (χ3v) is 11.4. The van der Waals surface area contributed by atoms with Crippen molar-refractivity contribution in [3.63, 3.8) is 0 Å². The van der Waals surface area contributed by atoms with Gasteiger partial charge >= 0.3 is 0 Å². The maximum atomic E-state index is 2.48. The van der Waals surface area contributed by atoms with E-state index in [1.807, 2.05) is 0 Å². The molecule has 0 unspecified atom stereocenters. The van der Waals surface area contributed by atoms with Crippen LogP contribution in [0.2, 0.25) is 0 Å². The summed E-state index contributed by atoms with van der Waals surface area (Å²) in [5, 5.41) is 10.3. The molecule has 2 heteroatoms. The molecule has 0 saturated carbocycles. The van der Waals surface area contributed by atoms with E-state index < -0.39 is 0 Å². The van der Waals surface area contributed by atoms with Crippen molar-refractivity contribution in [2.24, 2.45) is 0 Å². The van der Waals surface area contributed by atoms with Gasteiger partial charge in [-0.05, 0) is 97.4 Å². The van der Waals surface area contributed by atoms with Gasteiger partial charge in [0.05, 0.1) is 22.1 Å². The van der Waals surface area contributed by atoms with Crippen LogP contribution in [0.5, 0.6) is 0 Å². The van der Waals surface area contributed by atoms with E-state index in [9.17, 15) is 0 Å². The number of fused-ring (bicyclic) bond motifs is 12. The highest BCUT2D eigenvalue weighted by molar-refractivity contribution is 6.30. The normalized spacial score (nSPS) is 12.2. The van der Waals surface area contributed by atoms with E-state index in [0.717, 1.165) is 5.69 Å². The first-order valence-corrected chi connectivity index (χ1v) is 18.0. The summed E-state index contributed by atoms with van der Waals surface area (Å²) in [5.74, 6) is 0. The Bertz CT molecular complexity index is 3260. The molecule has 240 valence electrons. The molecule has 0 aliphatic heterocycles. The van der Waals surface area contributed by atoms with Crippen LogP contribution in [0.1, 0.15) is 0 Å². The van der Waals surface area contributed by atoms with Gasteiger partial charge in [-0.25, -0.2) is 0 Å². The van der Waals surface area contributed by atoms with Crippen molar-refractivity contribution in [2.45, 2.75) is 0 Å². The van der Waals surface area contributed by atoms with Gasteiger partial charge in [0.2, 0.25) is 0 Å². The summed E-state index contributed by atoms with van der Waals surface area (Å²) in [6.45, 7) is 0. The van der Waals surface area contributed by atoms with E-state index in [2.05, 4.69) is 191 Å². The number of nitrogens with zero attached hydrogens (tertiary/aromatic N) is 2. The average Bonchev–Trinajstić information content (AvgIpc) is 3.85. The number of para-hydroxylation sites is 2. The van der Waals surface area contributed by atoms with E-state index in [-0.39, 0.29) is 0 Å². The molecule has 52 heavy (non-hydrogen) atoms. The van der Waals surface area contributed by atoms with Gasteiger partial charge in [0.15, 0.2) is 0 Å². The lowest BCUT2D eigenvalue weighted by atomic mass is 9.94. The minimum absolute atomic E-state index is 1.16. The summed E-state index contributed by atoms with van der Waals surface area (Å²) in [7, 11) is 0. The highest BCUT2D eigenvalue weighted by Gasteiger charge is 2.24. The molecule has 12 rings (SSSR count). The quantitative estimate of drug-likeness (QED) is 0.179. The maximum absolute atomic E-state index is 2.48. The largest absolute Gasteiger partial charge is 0.309 e. The highest BCUT2D eigenvalue weighted by atomic mass is 15.0. The van der Waals surface area contributed by atoms with E-state index in [1.165, 1.54) is 104 Å². The van der Waals surface area contributed by atoms with Crippen LogP contribution in [0, 0.1) is 0 Å². The Labute approximate surface area is 300 Å². The summed E-state index contributed by atoms with van der Waals surface area (Å²) < 4.78 is 4.95. The first-order valence-electron chi connectivity index (χ1n) is 18.0. The Balaban J connectivity index is 1.16. The lowest BCUT2D eigenvalue weighted by molar-refractivity contribution is 1.17. The summed E-state index contributed by atoms with van der Waals surface area (Å²) in [4.78, 5) is 0. The lowest BCUT2D eigenvalue weighted by Gasteiger charge is -2.13. The van der Waals surface area contributed by atoms with E-state index in [4.69, 9.17) is 0 Å². The SMILES string of the molecule is c1ccc(-n2c3ccc4ccccc4c3c3ccc4c(c5ccccc5n4-c4cccc(-c5ccc6c7c(cccc57)-c5ccccc5-6)c4)c32)cc1. The molecule has 2 heterocycles. The predicted octanol–water partition coefficient (Wildman–Crippen LogP) is 13.5. The van der Waals surface area contributed by atoms with Gasteiger partial charge in [-0.1, -0.05) is 140 Å². The average molecular weight is 659 g/mol. The van der Waals surface area contributed by atoms with Crippen LogP contribution < -0.4 is 0 Å². The number of hydrogen-bond acceptors (Lipinski definition) is 0. The van der Waals surface area contributed by atoms with Crippen LogP contribution in [-0.2, 0) is 0 Å². The minimum atomic E-state index is 1.16. The second kappa shape index (κ2) is 10.3. The van der Waals surface area contributed by atoms with Crippen LogP contribution in [0.25, 0.3) is 110 Å². The van der Waals surface area contributed by atoms with Crippen LogP contribution in [0.15, 0.2) is 182 Å². The fourth-order valence-electron chi connectivity index (χ4n) is 9.32. The van der Waals surface area contributed by atoms with E-state index in [1.54, 1.807) is 0 Å². The molecular formula is C50H30N2. The number of benzene rings is 9. The summed E-state index contributed by atoms with van der Waals surface area (Å²) in [6.07, 6.45) is 0. The van der Waals surface area contributed by atoms with Gasteiger partial charge in [0.1, 0.15) is 0 Å². The second-order valence-electron chi connectivity index (χ2n) is 14.0. The standard InChI is InChI=1S/C50H30N2/c1-2-14-33(15-3-1)52-45-28-24-31-12-4-5-17-36(31)48(45)43-27-29-46-49(50(43)52)42-20-8-9-23-44(42)51(46)34-16-10-13-32(30-34)35-25-26-41-38-19-7-6-18-37(38)40-22-11-21-39(35)47(40)41/h1-30H.